The number of aromatic hydroxyl groups is 1. The molecule has 0 aromatic carbocycles. The molecule has 0 spiro atoms. The maximum Gasteiger partial charge on any atom is 0.160 e. The minimum atomic E-state index is 0.278. The van der Waals surface area contributed by atoms with E-state index in [9.17, 15) is 5.11 Å². The Bertz CT molecular complexity index is 313. The van der Waals surface area contributed by atoms with Crippen LogP contribution >= 0.6 is 0 Å². The number of aryl methyl sites for hydroxylation is 1. The van der Waals surface area contributed by atoms with Crippen molar-refractivity contribution in [3.05, 3.63) is 11.4 Å². The summed E-state index contributed by atoms with van der Waals surface area (Å²) in [6.07, 6.45) is 0. The standard InChI is InChI=1S/C11H20N2O/c1-6-13-10(8(4)5)11(14)9(12-13)7(2)3/h7-8,14H,6H2,1-5H3. The van der Waals surface area contributed by atoms with E-state index >= 15 is 0 Å². The molecular weight excluding hydrogens is 176 g/mol. The van der Waals surface area contributed by atoms with Gasteiger partial charge < -0.3 is 5.11 Å². The van der Waals surface area contributed by atoms with Crippen molar-refractivity contribution in [2.24, 2.45) is 0 Å². The van der Waals surface area contributed by atoms with Gasteiger partial charge in [-0.2, -0.15) is 5.10 Å². The lowest BCUT2D eigenvalue weighted by Crippen LogP contribution is -2.04. The first kappa shape index (κ1) is 11.1. The van der Waals surface area contributed by atoms with E-state index in [4.69, 9.17) is 0 Å². The fourth-order valence-electron chi connectivity index (χ4n) is 1.69. The Morgan fingerprint density at radius 3 is 2.07 bits per heavy atom. The van der Waals surface area contributed by atoms with Gasteiger partial charge in [0.2, 0.25) is 0 Å². The van der Waals surface area contributed by atoms with Crippen molar-refractivity contribution >= 4 is 0 Å². The lowest BCUT2D eigenvalue weighted by molar-refractivity contribution is 0.451. The first-order valence-corrected chi connectivity index (χ1v) is 5.28. The molecule has 80 valence electrons. The van der Waals surface area contributed by atoms with Crippen LogP contribution in [0.3, 0.4) is 0 Å². The summed E-state index contributed by atoms with van der Waals surface area (Å²) in [6.45, 7) is 11.1. The van der Waals surface area contributed by atoms with E-state index in [-0.39, 0.29) is 5.92 Å². The third-order valence-corrected chi connectivity index (χ3v) is 2.39. The van der Waals surface area contributed by atoms with Crippen LogP contribution in [0.1, 0.15) is 57.8 Å². The van der Waals surface area contributed by atoms with Crippen molar-refractivity contribution in [1.29, 1.82) is 0 Å². The summed E-state index contributed by atoms with van der Waals surface area (Å²) in [7, 11) is 0. The fraction of sp³-hybridized carbons (Fsp3) is 0.727. The van der Waals surface area contributed by atoms with Crippen LogP contribution in [0.5, 0.6) is 5.75 Å². The number of hydrogen-bond donors (Lipinski definition) is 1. The number of nitrogens with zero attached hydrogens (tertiary/aromatic N) is 2. The molecule has 0 saturated carbocycles. The predicted molar refractivity (Wildman–Crippen MR) is 57.7 cm³/mol. The number of aromatic nitrogens is 2. The molecule has 14 heavy (non-hydrogen) atoms. The zero-order valence-corrected chi connectivity index (χ0v) is 9.70. The number of rotatable bonds is 3. The van der Waals surface area contributed by atoms with Gasteiger partial charge in [-0.3, -0.25) is 4.68 Å². The van der Waals surface area contributed by atoms with Gasteiger partial charge in [0.15, 0.2) is 5.75 Å². The van der Waals surface area contributed by atoms with Gasteiger partial charge in [0, 0.05) is 12.5 Å². The molecule has 1 rings (SSSR count). The van der Waals surface area contributed by atoms with Gasteiger partial charge in [0.25, 0.3) is 0 Å². The molecule has 3 heteroatoms. The van der Waals surface area contributed by atoms with Crippen LogP contribution in [-0.2, 0) is 6.54 Å². The molecule has 0 unspecified atom stereocenters. The van der Waals surface area contributed by atoms with Crippen LogP contribution in [-0.4, -0.2) is 14.9 Å². The molecule has 1 aromatic rings. The van der Waals surface area contributed by atoms with Crippen LogP contribution < -0.4 is 0 Å². The van der Waals surface area contributed by atoms with Crippen LogP contribution in [0.15, 0.2) is 0 Å². The highest BCUT2D eigenvalue weighted by Gasteiger charge is 2.20. The summed E-state index contributed by atoms with van der Waals surface area (Å²) < 4.78 is 1.90. The van der Waals surface area contributed by atoms with Crippen LogP contribution in [0, 0.1) is 0 Å². The third kappa shape index (κ3) is 1.76. The first-order valence-electron chi connectivity index (χ1n) is 5.28. The molecule has 0 aliphatic heterocycles. The number of hydrogen-bond acceptors (Lipinski definition) is 2. The van der Waals surface area contributed by atoms with Gasteiger partial charge in [-0.25, -0.2) is 0 Å². The normalized spacial score (nSPS) is 11.6. The molecule has 0 aliphatic carbocycles. The van der Waals surface area contributed by atoms with Gasteiger partial charge in [0.1, 0.15) is 5.69 Å². The maximum absolute atomic E-state index is 10.00. The smallest absolute Gasteiger partial charge is 0.160 e. The second-order valence-corrected chi connectivity index (χ2v) is 4.24. The zero-order valence-electron chi connectivity index (χ0n) is 9.70. The van der Waals surface area contributed by atoms with Crippen molar-refractivity contribution in [1.82, 2.24) is 9.78 Å². The van der Waals surface area contributed by atoms with E-state index in [1.54, 1.807) is 0 Å². The second-order valence-electron chi connectivity index (χ2n) is 4.24. The van der Waals surface area contributed by atoms with Crippen LogP contribution in [0.2, 0.25) is 0 Å². The quantitative estimate of drug-likeness (QED) is 0.807. The maximum atomic E-state index is 10.00. The molecule has 0 bridgehead atoms. The van der Waals surface area contributed by atoms with Gasteiger partial charge in [-0.15, -0.1) is 0 Å². The molecule has 0 amide bonds. The minimum absolute atomic E-state index is 0.278. The monoisotopic (exact) mass is 196 g/mol. The Morgan fingerprint density at radius 1 is 1.21 bits per heavy atom. The second kappa shape index (κ2) is 4.03. The van der Waals surface area contributed by atoms with Gasteiger partial charge in [-0.05, 0) is 12.8 Å². The van der Waals surface area contributed by atoms with E-state index < -0.39 is 0 Å². The Kier molecular flexibility index (Phi) is 3.19. The minimum Gasteiger partial charge on any atom is -0.504 e. The van der Waals surface area contributed by atoms with Crippen LogP contribution in [0.4, 0.5) is 0 Å². The summed E-state index contributed by atoms with van der Waals surface area (Å²) in [4.78, 5) is 0. The molecule has 1 N–H and O–H groups in total. The molecule has 0 fully saturated rings. The van der Waals surface area contributed by atoms with Gasteiger partial charge in [0.05, 0.1) is 5.69 Å². The largest absolute Gasteiger partial charge is 0.504 e. The summed E-state index contributed by atoms with van der Waals surface area (Å²) in [5, 5.41) is 14.4. The highest BCUT2D eigenvalue weighted by atomic mass is 16.3. The van der Waals surface area contributed by atoms with Crippen LogP contribution in [0.25, 0.3) is 0 Å². The van der Waals surface area contributed by atoms with E-state index in [2.05, 4.69) is 18.9 Å². The highest BCUT2D eigenvalue weighted by Crippen LogP contribution is 2.32. The first-order chi connectivity index (χ1) is 6.49. The van der Waals surface area contributed by atoms with E-state index in [1.807, 2.05) is 25.5 Å². The van der Waals surface area contributed by atoms with E-state index in [0.29, 0.717) is 11.7 Å². The fourth-order valence-corrected chi connectivity index (χ4v) is 1.69. The average Bonchev–Trinajstić information content (AvgIpc) is 2.42. The molecule has 3 nitrogen and oxygen atoms in total. The van der Waals surface area contributed by atoms with Crippen molar-refractivity contribution < 1.29 is 5.11 Å². The summed E-state index contributed by atoms with van der Waals surface area (Å²) in [6, 6.07) is 0. The lowest BCUT2D eigenvalue weighted by Gasteiger charge is -2.07. The van der Waals surface area contributed by atoms with Crippen molar-refractivity contribution in [2.45, 2.75) is 53.0 Å². The Balaban J connectivity index is 3.25. The van der Waals surface area contributed by atoms with Crippen molar-refractivity contribution in [2.75, 3.05) is 0 Å². The molecule has 1 heterocycles. The summed E-state index contributed by atoms with van der Waals surface area (Å²) >= 11 is 0. The zero-order chi connectivity index (χ0) is 10.9. The summed E-state index contributed by atoms with van der Waals surface area (Å²) in [5.74, 6) is 0.979. The van der Waals surface area contributed by atoms with E-state index in [0.717, 1.165) is 17.9 Å². The predicted octanol–water partition coefficient (Wildman–Crippen LogP) is 2.86. The van der Waals surface area contributed by atoms with Gasteiger partial charge in [-0.1, -0.05) is 27.7 Å². The van der Waals surface area contributed by atoms with Crippen molar-refractivity contribution in [3.8, 4) is 5.75 Å². The Morgan fingerprint density at radius 2 is 1.79 bits per heavy atom. The van der Waals surface area contributed by atoms with E-state index in [1.165, 1.54) is 0 Å². The molecule has 1 aromatic heterocycles. The third-order valence-electron chi connectivity index (χ3n) is 2.39. The summed E-state index contributed by atoms with van der Waals surface area (Å²) in [5.41, 5.74) is 1.77. The molecule has 0 saturated heterocycles. The Labute approximate surface area is 85.8 Å². The molecular formula is C11H20N2O. The highest BCUT2D eigenvalue weighted by molar-refractivity contribution is 5.36. The molecule has 0 aliphatic rings. The Hall–Kier alpha value is -0.990. The van der Waals surface area contributed by atoms with Gasteiger partial charge >= 0.3 is 0 Å². The SMILES string of the molecule is CCn1nc(C(C)C)c(O)c1C(C)C. The molecule has 0 atom stereocenters. The average molecular weight is 196 g/mol. The molecule has 0 radical (unpaired) electrons. The lowest BCUT2D eigenvalue weighted by atomic mass is 10.1. The van der Waals surface area contributed by atoms with Crippen molar-refractivity contribution in [3.63, 3.8) is 0 Å². The topological polar surface area (TPSA) is 38.0 Å².